The first kappa shape index (κ1) is 19.2. The zero-order valence-corrected chi connectivity index (χ0v) is 16.8. The zero-order valence-electron chi connectivity index (χ0n) is 16.8. The summed E-state index contributed by atoms with van der Waals surface area (Å²) in [6, 6.07) is 17.9. The number of halogens is 1. The van der Waals surface area contributed by atoms with Gasteiger partial charge in [0, 0.05) is 23.7 Å². The van der Waals surface area contributed by atoms with E-state index < -0.39 is 0 Å². The molecule has 156 valence electrons. The van der Waals surface area contributed by atoms with E-state index >= 15 is 0 Å². The smallest absolute Gasteiger partial charge is 0.159 e. The van der Waals surface area contributed by atoms with Gasteiger partial charge in [-0.2, -0.15) is 0 Å². The van der Waals surface area contributed by atoms with E-state index in [1.807, 2.05) is 59.1 Å². The molecule has 0 aliphatic carbocycles. The fourth-order valence-corrected chi connectivity index (χ4v) is 3.46. The van der Waals surface area contributed by atoms with Crippen molar-refractivity contribution in [3.63, 3.8) is 0 Å². The highest BCUT2D eigenvalue weighted by Gasteiger charge is 2.18. The third-order valence-electron chi connectivity index (χ3n) is 5.06. The molecule has 0 N–H and O–H groups in total. The monoisotopic (exact) mass is 416 g/mol. The third-order valence-corrected chi connectivity index (χ3v) is 5.06. The Morgan fingerprint density at radius 2 is 1.77 bits per heavy atom. The molecule has 1 aliphatic rings. The van der Waals surface area contributed by atoms with E-state index in [2.05, 4.69) is 4.98 Å². The third kappa shape index (κ3) is 4.38. The maximum atomic E-state index is 12.9. The number of benzene rings is 2. The molecule has 0 radical (unpaired) electrons. The minimum atomic E-state index is -0.272. The van der Waals surface area contributed by atoms with Crippen molar-refractivity contribution < 1.29 is 18.6 Å². The predicted octanol–water partition coefficient (Wildman–Crippen LogP) is 5.47. The lowest BCUT2D eigenvalue weighted by Crippen LogP contribution is -2.11. The van der Waals surface area contributed by atoms with Gasteiger partial charge in [-0.15, -0.1) is 0 Å². The first-order valence-corrected chi connectivity index (χ1v) is 10.2. The zero-order chi connectivity index (χ0) is 21.0. The van der Waals surface area contributed by atoms with E-state index in [9.17, 15) is 4.39 Å². The highest BCUT2D eigenvalue weighted by atomic mass is 19.1. The van der Waals surface area contributed by atoms with Gasteiger partial charge in [-0.3, -0.25) is 0 Å². The number of aromatic nitrogens is 2. The summed E-state index contributed by atoms with van der Waals surface area (Å²) in [6.45, 7) is 1.02. The van der Waals surface area contributed by atoms with Gasteiger partial charge in [-0.25, -0.2) is 9.37 Å². The Morgan fingerprint density at radius 1 is 0.968 bits per heavy atom. The van der Waals surface area contributed by atoms with Crippen LogP contribution in [0.5, 0.6) is 17.2 Å². The SMILES string of the molecule is Fc1ccc(OCCCOc2ccc3c(c2)C=CC(c2cc4cccn4cn2)O3)cc1. The van der Waals surface area contributed by atoms with Gasteiger partial charge in [-0.05, 0) is 66.7 Å². The van der Waals surface area contributed by atoms with Gasteiger partial charge >= 0.3 is 0 Å². The van der Waals surface area contributed by atoms with Gasteiger partial charge in [0.15, 0.2) is 6.10 Å². The normalized spacial score (nSPS) is 14.8. The summed E-state index contributed by atoms with van der Waals surface area (Å²) >= 11 is 0. The van der Waals surface area contributed by atoms with Gasteiger partial charge < -0.3 is 18.6 Å². The number of ether oxygens (including phenoxy) is 3. The maximum absolute atomic E-state index is 12.9. The lowest BCUT2D eigenvalue weighted by Gasteiger charge is -2.21. The van der Waals surface area contributed by atoms with Crippen molar-refractivity contribution in [1.29, 1.82) is 0 Å². The second-order valence-corrected chi connectivity index (χ2v) is 7.26. The van der Waals surface area contributed by atoms with Gasteiger partial charge in [0.1, 0.15) is 23.1 Å². The van der Waals surface area contributed by atoms with Crippen LogP contribution in [0, 0.1) is 5.82 Å². The van der Waals surface area contributed by atoms with E-state index in [0.717, 1.165) is 34.7 Å². The first-order chi connectivity index (χ1) is 15.2. The van der Waals surface area contributed by atoms with Crippen molar-refractivity contribution in [2.45, 2.75) is 12.5 Å². The molecule has 31 heavy (non-hydrogen) atoms. The lowest BCUT2D eigenvalue weighted by molar-refractivity contribution is 0.241. The highest BCUT2D eigenvalue weighted by molar-refractivity contribution is 5.62. The molecule has 5 rings (SSSR count). The van der Waals surface area contributed by atoms with Crippen LogP contribution in [0.3, 0.4) is 0 Å². The van der Waals surface area contributed by atoms with Crippen molar-refractivity contribution in [3.8, 4) is 17.2 Å². The number of hydrogen-bond acceptors (Lipinski definition) is 4. The van der Waals surface area contributed by atoms with Gasteiger partial charge in [0.25, 0.3) is 0 Å². The Labute approximate surface area is 179 Å². The van der Waals surface area contributed by atoms with Gasteiger partial charge in [0.2, 0.25) is 0 Å². The summed E-state index contributed by atoms with van der Waals surface area (Å²) in [5.41, 5.74) is 2.93. The summed E-state index contributed by atoms with van der Waals surface area (Å²) in [4.78, 5) is 4.51. The molecule has 0 bridgehead atoms. The molecule has 5 nitrogen and oxygen atoms in total. The highest BCUT2D eigenvalue weighted by Crippen LogP contribution is 2.34. The minimum absolute atomic E-state index is 0.220. The maximum Gasteiger partial charge on any atom is 0.159 e. The van der Waals surface area contributed by atoms with Crippen LogP contribution in [0.25, 0.3) is 11.6 Å². The fraction of sp³-hybridized carbons (Fsp3) is 0.160. The molecular formula is C25H21FN2O3. The molecule has 6 heteroatoms. The van der Waals surface area contributed by atoms with Crippen molar-refractivity contribution in [2.75, 3.05) is 13.2 Å². The van der Waals surface area contributed by atoms with E-state index in [0.29, 0.717) is 19.0 Å². The average molecular weight is 416 g/mol. The average Bonchev–Trinajstić information content (AvgIpc) is 3.28. The largest absolute Gasteiger partial charge is 0.493 e. The Kier molecular flexibility index (Phi) is 5.27. The lowest BCUT2D eigenvalue weighted by atomic mass is 10.1. The molecule has 0 spiro atoms. The number of fused-ring (bicyclic) bond motifs is 2. The molecular weight excluding hydrogens is 395 g/mol. The van der Waals surface area contributed by atoms with E-state index in [1.165, 1.54) is 12.1 Å². The standard InChI is InChI=1S/C25H21FN2O3/c26-19-5-7-21(8-6-19)29-13-2-14-30-22-9-11-24-18(15-22)4-10-25(31-24)23-16-20-3-1-12-28(20)17-27-23/h1,3-12,15-17,25H,2,13-14H2. The molecule has 1 aliphatic heterocycles. The van der Waals surface area contributed by atoms with Crippen LogP contribution in [0.1, 0.15) is 23.8 Å². The molecule has 0 amide bonds. The Balaban J connectivity index is 1.15. The minimum Gasteiger partial charge on any atom is -0.493 e. The van der Waals surface area contributed by atoms with E-state index in [4.69, 9.17) is 14.2 Å². The summed E-state index contributed by atoms with van der Waals surface area (Å²) < 4.78 is 32.4. The molecule has 2 aromatic carbocycles. The molecule has 0 saturated heterocycles. The Hall–Kier alpha value is -3.80. The predicted molar refractivity (Wildman–Crippen MR) is 116 cm³/mol. The molecule has 4 aromatic rings. The quantitative estimate of drug-likeness (QED) is 0.375. The van der Waals surface area contributed by atoms with Crippen LogP contribution in [-0.4, -0.2) is 22.6 Å². The van der Waals surface area contributed by atoms with Crippen LogP contribution in [-0.2, 0) is 0 Å². The number of nitrogens with zero attached hydrogens (tertiary/aromatic N) is 2. The van der Waals surface area contributed by atoms with Crippen LogP contribution >= 0.6 is 0 Å². The second-order valence-electron chi connectivity index (χ2n) is 7.26. The van der Waals surface area contributed by atoms with Crippen molar-refractivity contribution in [2.24, 2.45) is 0 Å². The number of hydrogen-bond donors (Lipinski definition) is 0. The summed E-state index contributed by atoms with van der Waals surface area (Å²) in [5, 5.41) is 0. The van der Waals surface area contributed by atoms with Crippen LogP contribution in [0.4, 0.5) is 4.39 Å². The molecule has 2 aromatic heterocycles. The van der Waals surface area contributed by atoms with Gasteiger partial charge in [-0.1, -0.05) is 6.08 Å². The molecule has 3 heterocycles. The van der Waals surface area contributed by atoms with Gasteiger partial charge in [0.05, 0.1) is 25.2 Å². The molecule has 0 fully saturated rings. The molecule has 0 saturated carbocycles. The summed E-state index contributed by atoms with van der Waals surface area (Å²) in [7, 11) is 0. The first-order valence-electron chi connectivity index (χ1n) is 10.2. The number of rotatable bonds is 7. The van der Waals surface area contributed by atoms with Crippen LogP contribution in [0.15, 0.2) is 79.3 Å². The van der Waals surface area contributed by atoms with Crippen LogP contribution < -0.4 is 14.2 Å². The Bertz CT molecular complexity index is 1220. The van der Waals surface area contributed by atoms with Crippen LogP contribution in [0.2, 0.25) is 0 Å². The van der Waals surface area contributed by atoms with Crippen molar-refractivity contribution in [3.05, 3.63) is 96.3 Å². The van der Waals surface area contributed by atoms with E-state index in [-0.39, 0.29) is 11.9 Å². The van der Waals surface area contributed by atoms with E-state index in [1.54, 1.807) is 18.5 Å². The van der Waals surface area contributed by atoms with Crippen molar-refractivity contribution >= 4 is 11.6 Å². The Morgan fingerprint density at radius 3 is 2.65 bits per heavy atom. The molecule has 1 atom stereocenters. The second kappa shape index (κ2) is 8.52. The molecule has 1 unspecified atom stereocenters. The summed E-state index contributed by atoms with van der Waals surface area (Å²) in [5.74, 6) is 1.96. The topological polar surface area (TPSA) is 45.0 Å². The summed E-state index contributed by atoms with van der Waals surface area (Å²) in [6.07, 6.45) is 8.31. The fourth-order valence-electron chi connectivity index (χ4n) is 3.46. The van der Waals surface area contributed by atoms with Crippen molar-refractivity contribution in [1.82, 2.24) is 9.38 Å².